The first-order chi connectivity index (χ1) is 12.0. The van der Waals surface area contributed by atoms with Crippen LogP contribution in [0, 0.1) is 5.82 Å². The molecule has 2 heterocycles. The highest BCUT2D eigenvalue weighted by Crippen LogP contribution is 2.17. The molecule has 0 radical (unpaired) electrons. The number of hydrogen-bond acceptors (Lipinski definition) is 7. The van der Waals surface area contributed by atoms with Gasteiger partial charge < -0.3 is 9.84 Å². The number of halogens is 2. The van der Waals surface area contributed by atoms with Crippen LogP contribution in [0.15, 0.2) is 33.7 Å². The third-order valence-corrected chi connectivity index (χ3v) is 5.52. The zero-order valence-corrected chi connectivity index (χ0v) is 15.8. The summed E-state index contributed by atoms with van der Waals surface area (Å²) in [6, 6.07) is 4.69. The maximum atomic E-state index is 12.9. The number of piperazine rings is 1. The second-order valence-corrected chi connectivity index (χ2v) is 7.62. The van der Waals surface area contributed by atoms with Gasteiger partial charge >= 0.3 is 0 Å². The molecule has 0 amide bonds. The normalized spacial score (nSPS) is 18.5. The predicted octanol–water partition coefficient (Wildman–Crippen LogP) is 0.728. The molecule has 11 heteroatoms. The van der Waals surface area contributed by atoms with Gasteiger partial charge in [0, 0.05) is 32.6 Å². The molecule has 2 N–H and O–H groups in total. The minimum Gasteiger partial charge on any atom is -0.339 e. The first kappa shape index (κ1) is 20.7. The number of likely N-dealkylation sites (N-methyl/N-ethyl adjacent to an activating group) is 1. The number of aromatic nitrogens is 2. The number of nitrogens with zero attached hydrogens (tertiary/aromatic N) is 3. The van der Waals surface area contributed by atoms with Gasteiger partial charge in [0.2, 0.25) is 15.9 Å². The van der Waals surface area contributed by atoms with Crippen molar-refractivity contribution in [1.29, 1.82) is 0 Å². The summed E-state index contributed by atoms with van der Waals surface area (Å²) >= 11 is 0. The maximum Gasteiger partial charge on any atom is 0.240 e. The van der Waals surface area contributed by atoms with Crippen LogP contribution in [0.4, 0.5) is 4.39 Å². The molecule has 1 fully saturated rings. The molecule has 1 unspecified atom stereocenters. The molecule has 2 aromatic rings. The summed E-state index contributed by atoms with van der Waals surface area (Å²) in [6.45, 7) is 2.67. The lowest BCUT2D eigenvalue weighted by atomic mass is 10.2. The average Bonchev–Trinajstić information content (AvgIpc) is 3.04. The van der Waals surface area contributed by atoms with Gasteiger partial charge in [-0.05, 0) is 31.3 Å². The van der Waals surface area contributed by atoms with Gasteiger partial charge in [0.05, 0.1) is 10.9 Å². The van der Waals surface area contributed by atoms with E-state index in [-0.39, 0.29) is 36.3 Å². The van der Waals surface area contributed by atoms with Gasteiger partial charge in [0.1, 0.15) is 5.82 Å². The molecule has 0 saturated carbocycles. The molecule has 1 aromatic heterocycles. The zero-order valence-electron chi connectivity index (χ0n) is 14.2. The van der Waals surface area contributed by atoms with Crippen molar-refractivity contribution in [2.24, 2.45) is 0 Å². The van der Waals surface area contributed by atoms with Crippen molar-refractivity contribution in [3.05, 3.63) is 41.8 Å². The Labute approximate surface area is 157 Å². The smallest absolute Gasteiger partial charge is 0.240 e. The second-order valence-electron chi connectivity index (χ2n) is 5.85. The molecule has 26 heavy (non-hydrogen) atoms. The van der Waals surface area contributed by atoms with E-state index in [9.17, 15) is 12.8 Å². The Hall–Kier alpha value is -1.59. The van der Waals surface area contributed by atoms with Crippen molar-refractivity contribution in [1.82, 2.24) is 25.1 Å². The van der Waals surface area contributed by atoms with E-state index in [1.165, 1.54) is 12.1 Å². The zero-order chi connectivity index (χ0) is 17.9. The van der Waals surface area contributed by atoms with E-state index in [0.29, 0.717) is 11.7 Å². The standard InChI is InChI=1S/C15H20FN5O3S.ClH/c1-21-9-8-17-10-13(21)15-19-14(24-20-15)6-7-18-25(22,23)12-4-2-11(16)3-5-12;/h2-5,13,17-18H,6-10H2,1H3;1H. The fraction of sp³-hybridized carbons (Fsp3) is 0.467. The fourth-order valence-electron chi connectivity index (χ4n) is 2.59. The van der Waals surface area contributed by atoms with Gasteiger partial charge in [0.25, 0.3) is 0 Å². The summed E-state index contributed by atoms with van der Waals surface area (Å²) in [5, 5.41) is 7.26. The summed E-state index contributed by atoms with van der Waals surface area (Å²) in [4.78, 5) is 6.49. The van der Waals surface area contributed by atoms with Gasteiger partial charge in [0.15, 0.2) is 5.82 Å². The van der Waals surface area contributed by atoms with E-state index in [4.69, 9.17) is 4.52 Å². The highest BCUT2D eigenvalue weighted by atomic mass is 35.5. The van der Waals surface area contributed by atoms with E-state index in [2.05, 4.69) is 25.1 Å². The van der Waals surface area contributed by atoms with E-state index in [1.807, 2.05) is 7.05 Å². The van der Waals surface area contributed by atoms with Crippen LogP contribution in [0.1, 0.15) is 17.8 Å². The minimum absolute atomic E-state index is 0. The molecule has 1 aromatic carbocycles. The Bertz CT molecular complexity index is 815. The lowest BCUT2D eigenvalue weighted by molar-refractivity contribution is 0.190. The van der Waals surface area contributed by atoms with E-state index in [0.717, 1.165) is 31.8 Å². The Balaban J connectivity index is 0.00000243. The van der Waals surface area contributed by atoms with Crippen LogP contribution in [-0.4, -0.2) is 56.7 Å². The van der Waals surface area contributed by atoms with Crippen molar-refractivity contribution in [3.8, 4) is 0 Å². The Kier molecular flexibility index (Phi) is 7.07. The molecule has 0 bridgehead atoms. The highest BCUT2D eigenvalue weighted by molar-refractivity contribution is 7.89. The van der Waals surface area contributed by atoms with Crippen LogP contribution in [-0.2, 0) is 16.4 Å². The predicted molar refractivity (Wildman–Crippen MR) is 95.1 cm³/mol. The first-order valence-corrected chi connectivity index (χ1v) is 9.43. The molecular weight excluding hydrogens is 385 g/mol. The number of rotatable bonds is 6. The SMILES string of the molecule is CN1CCNCC1c1noc(CCNS(=O)(=O)c2ccc(F)cc2)n1.Cl. The summed E-state index contributed by atoms with van der Waals surface area (Å²) in [6.07, 6.45) is 0.275. The van der Waals surface area contributed by atoms with Crippen LogP contribution >= 0.6 is 12.4 Å². The third kappa shape index (κ3) is 4.98. The van der Waals surface area contributed by atoms with Crippen molar-refractivity contribution in [3.63, 3.8) is 0 Å². The molecule has 1 saturated heterocycles. The van der Waals surface area contributed by atoms with Crippen LogP contribution in [0.5, 0.6) is 0 Å². The van der Waals surface area contributed by atoms with Crippen molar-refractivity contribution >= 4 is 22.4 Å². The fourth-order valence-corrected chi connectivity index (χ4v) is 3.62. The number of nitrogens with one attached hydrogen (secondary N) is 2. The van der Waals surface area contributed by atoms with Crippen LogP contribution < -0.4 is 10.0 Å². The van der Waals surface area contributed by atoms with E-state index >= 15 is 0 Å². The molecule has 8 nitrogen and oxygen atoms in total. The Morgan fingerprint density at radius 2 is 2.12 bits per heavy atom. The molecule has 3 rings (SSSR count). The minimum atomic E-state index is -3.69. The number of benzene rings is 1. The molecule has 144 valence electrons. The highest BCUT2D eigenvalue weighted by Gasteiger charge is 2.25. The summed E-state index contributed by atoms with van der Waals surface area (Å²) in [7, 11) is -1.70. The quantitative estimate of drug-likeness (QED) is 0.730. The topological polar surface area (TPSA) is 100 Å². The van der Waals surface area contributed by atoms with Crippen LogP contribution in [0.2, 0.25) is 0 Å². The molecule has 0 aliphatic carbocycles. The second kappa shape index (κ2) is 8.87. The molecule has 1 aliphatic rings. The van der Waals surface area contributed by atoms with Gasteiger partial charge in [-0.3, -0.25) is 4.90 Å². The van der Waals surface area contributed by atoms with Crippen LogP contribution in [0.25, 0.3) is 0 Å². The van der Waals surface area contributed by atoms with Crippen molar-refractivity contribution in [2.45, 2.75) is 17.4 Å². The van der Waals surface area contributed by atoms with Crippen molar-refractivity contribution < 1.29 is 17.3 Å². The molecule has 0 spiro atoms. The number of hydrogen-bond donors (Lipinski definition) is 2. The lowest BCUT2D eigenvalue weighted by Crippen LogP contribution is -2.44. The van der Waals surface area contributed by atoms with Gasteiger partial charge in [-0.1, -0.05) is 5.16 Å². The van der Waals surface area contributed by atoms with Crippen molar-refractivity contribution in [2.75, 3.05) is 33.2 Å². The van der Waals surface area contributed by atoms with Gasteiger partial charge in [-0.25, -0.2) is 17.5 Å². The summed E-state index contributed by atoms with van der Waals surface area (Å²) in [5.41, 5.74) is 0. The Morgan fingerprint density at radius 3 is 2.81 bits per heavy atom. The lowest BCUT2D eigenvalue weighted by Gasteiger charge is -2.30. The summed E-state index contributed by atoms with van der Waals surface area (Å²) < 4.78 is 44.8. The average molecular weight is 406 g/mol. The molecule has 1 atom stereocenters. The first-order valence-electron chi connectivity index (χ1n) is 7.94. The Morgan fingerprint density at radius 1 is 1.38 bits per heavy atom. The maximum absolute atomic E-state index is 12.9. The van der Waals surface area contributed by atoms with Gasteiger partial charge in [-0.2, -0.15) is 4.98 Å². The number of sulfonamides is 1. The van der Waals surface area contributed by atoms with E-state index < -0.39 is 15.8 Å². The summed E-state index contributed by atoms with van der Waals surface area (Å²) in [5.74, 6) is 0.474. The van der Waals surface area contributed by atoms with E-state index in [1.54, 1.807) is 0 Å². The molecule has 1 aliphatic heterocycles. The van der Waals surface area contributed by atoms with Gasteiger partial charge in [-0.15, -0.1) is 12.4 Å². The van der Waals surface area contributed by atoms with Crippen LogP contribution in [0.3, 0.4) is 0 Å². The molecular formula is C15H21ClFN5O3S. The third-order valence-electron chi connectivity index (χ3n) is 4.05. The largest absolute Gasteiger partial charge is 0.339 e. The monoisotopic (exact) mass is 405 g/mol.